The molecule has 7 heteroatoms. The maximum absolute atomic E-state index is 13.2. The fourth-order valence-corrected chi connectivity index (χ4v) is 4.56. The third-order valence-corrected chi connectivity index (χ3v) is 6.20. The highest BCUT2D eigenvalue weighted by Crippen LogP contribution is 2.39. The van der Waals surface area contributed by atoms with Crippen molar-refractivity contribution in [1.82, 2.24) is 9.78 Å². The van der Waals surface area contributed by atoms with Crippen molar-refractivity contribution in [2.45, 2.75) is 32.6 Å². The molecule has 0 fully saturated rings. The summed E-state index contributed by atoms with van der Waals surface area (Å²) >= 11 is 7.60. The Labute approximate surface area is 166 Å². The molecule has 2 aromatic heterocycles. The number of anilines is 1. The second-order valence-corrected chi connectivity index (χ2v) is 8.13. The molecule has 1 amide bonds. The number of Topliss-reactive ketones (excluding diaryl/α,β-unsaturated/α-hetero) is 1. The molecular formula is C20H18ClN3O2S. The van der Waals surface area contributed by atoms with Crippen LogP contribution >= 0.6 is 22.9 Å². The highest BCUT2D eigenvalue weighted by Gasteiger charge is 2.36. The van der Waals surface area contributed by atoms with Gasteiger partial charge in [-0.3, -0.25) is 9.59 Å². The Balaban J connectivity index is 1.80. The monoisotopic (exact) mass is 399 g/mol. The number of nitrogens with one attached hydrogen (secondary N) is 1. The van der Waals surface area contributed by atoms with Crippen LogP contribution < -0.4 is 5.32 Å². The van der Waals surface area contributed by atoms with E-state index in [0.717, 1.165) is 28.2 Å². The van der Waals surface area contributed by atoms with Gasteiger partial charge in [0.15, 0.2) is 5.78 Å². The number of hydrogen-bond donors (Lipinski definition) is 1. The average Bonchev–Trinajstić information content (AvgIpc) is 3.25. The first-order valence-electron chi connectivity index (χ1n) is 8.76. The topological polar surface area (TPSA) is 64.0 Å². The van der Waals surface area contributed by atoms with Gasteiger partial charge in [-0.15, -0.1) is 11.3 Å². The van der Waals surface area contributed by atoms with E-state index >= 15 is 0 Å². The van der Waals surface area contributed by atoms with Crippen molar-refractivity contribution in [3.8, 4) is 5.69 Å². The van der Waals surface area contributed by atoms with Crippen LogP contribution in [0.2, 0.25) is 5.02 Å². The summed E-state index contributed by atoms with van der Waals surface area (Å²) in [7, 11) is 0. The van der Waals surface area contributed by atoms with Crippen LogP contribution in [-0.4, -0.2) is 21.5 Å². The molecule has 0 aliphatic carbocycles. The molecule has 3 aromatic rings. The van der Waals surface area contributed by atoms with Crippen molar-refractivity contribution < 1.29 is 9.59 Å². The Hall–Kier alpha value is -2.44. The van der Waals surface area contributed by atoms with Crippen LogP contribution in [0.4, 0.5) is 5.82 Å². The van der Waals surface area contributed by atoms with Crippen LogP contribution in [0.3, 0.4) is 0 Å². The summed E-state index contributed by atoms with van der Waals surface area (Å²) in [6, 6.07) is 11.1. The number of fused-ring (bicyclic) bond motifs is 1. The molecule has 4 rings (SSSR count). The zero-order valence-corrected chi connectivity index (χ0v) is 16.5. The van der Waals surface area contributed by atoms with E-state index in [1.165, 1.54) is 11.3 Å². The predicted molar refractivity (Wildman–Crippen MR) is 107 cm³/mol. The molecule has 27 heavy (non-hydrogen) atoms. The molecule has 1 aliphatic heterocycles. The Morgan fingerprint density at radius 3 is 2.89 bits per heavy atom. The van der Waals surface area contributed by atoms with Gasteiger partial charge < -0.3 is 5.32 Å². The molecule has 1 N–H and O–H groups in total. The zero-order valence-electron chi connectivity index (χ0n) is 15.0. The maximum Gasteiger partial charge on any atom is 0.226 e. The highest BCUT2D eigenvalue weighted by molar-refractivity contribution is 7.14. The average molecular weight is 400 g/mol. The number of rotatable bonds is 4. The lowest BCUT2D eigenvalue weighted by molar-refractivity contribution is -0.116. The zero-order chi connectivity index (χ0) is 19.1. The summed E-state index contributed by atoms with van der Waals surface area (Å²) in [5, 5.41) is 8.05. The molecule has 5 nitrogen and oxygen atoms in total. The Morgan fingerprint density at radius 2 is 2.19 bits per heavy atom. The van der Waals surface area contributed by atoms with Crippen LogP contribution in [0.5, 0.6) is 0 Å². The van der Waals surface area contributed by atoms with Crippen molar-refractivity contribution in [3.05, 3.63) is 62.4 Å². The predicted octanol–water partition coefficient (Wildman–Crippen LogP) is 4.77. The number of aromatic nitrogens is 2. The lowest BCUT2D eigenvalue weighted by Gasteiger charge is -2.22. The largest absolute Gasteiger partial charge is 0.310 e. The van der Waals surface area contributed by atoms with Gasteiger partial charge in [0, 0.05) is 21.9 Å². The van der Waals surface area contributed by atoms with E-state index in [9.17, 15) is 9.59 Å². The molecule has 1 aliphatic rings. The lowest BCUT2D eigenvalue weighted by atomic mass is 9.87. The smallest absolute Gasteiger partial charge is 0.226 e. The van der Waals surface area contributed by atoms with E-state index in [4.69, 9.17) is 11.6 Å². The van der Waals surface area contributed by atoms with Gasteiger partial charge in [-0.2, -0.15) is 5.10 Å². The summed E-state index contributed by atoms with van der Waals surface area (Å²) in [5.41, 5.74) is 2.26. The minimum Gasteiger partial charge on any atom is -0.310 e. The van der Waals surface area contributed by atoms with E-state index in [2.05, 4.69) is 17.3 Å². The number of nitrogens with zero attached hydrogens (tertiary/aromatic N) is 2. The van der Waals surface area contributed by atoms with Gasteiger partial charge in [-0.1, -0.05) is 24.6 Å². The summed E-state index contributed by atoms with van der Waals surface area (Å²) in [4.78, 5) is 27.4. The van der Waals surface area contributed by atoms with E-state index in [0.29, 0.717) is 15.7 Å². The summed E-state index contributed by atoms with van der Waals surface area (Å²) in [5.74, 6) is -0.178. The molecule has 0 spiro atoms. The van der Waals surface area contributed by atoms with Gasteiger partial charge in [-0.05, 0) is 43.7 Å². The molecule has 0 unspecified atom stereocenters. The summed E-state index contributed by atoms with van der Waals surface area (Å²) < 4.78 is 1.65. The minimum absolute atomic E-state index is 0.0236. The SMILES string of the molecule is CCc1ccc(C(=O)[C@@H]2CC(=O)Nc3c2c(C)nn3-c2cccc(Cl)c2)s1. The Kier molecular flexibility index (Phi) is 4.61. The number of benzene rings is 1. The number of carbonyl (C=O) groups excluding carboxylic acids is 2. The van der Waals surface area contributed by atoms with Crippen LogP contribution in [0, 0.1) is 6.92 Å². The first-order chi connectivity index (χ1) is 13.0. The molecule has 1 aromatic carbocycles. The standard InChI is InChI=1S/C20H18ClN3O2S/c1-3-14-7-8-16(27-14)19(26)15-10-17(25)22-20-18(15)11(2)23-24(20)13-6-4-5-12(21)9-13/h4-9,15H,3,10H2,1-2H3,(H,22,25)/t15-/m1/s1. The second-order valence-electron chi connectivity index (χ2n) is 6.53. The van der Waals surface area contributed by atoms with Crippen LogP contribution in [0.25, 0.3) is 5.69 Å². The van der Waals surface area contributed by atoms with Crippen molar-refractivity contribution in [2.75, 3.05) is 5.32 Å². The maximum atomic E-state index is 13.2. The minimum atomic E-state index is -0.523. The van der Waals surface area contributed by atoms with Gasteiger partial charge in [0.05, 0.1) is 22.2 Å². The molecule has 0 saturated heterocycles. The number of hydrogen-bond acceptors (Lipinski definition) is 4. The summed E-state index contributed by atoms with van der Waals surface area (Å²) in [6.45, 7) is 3.93. The Bertz CT molecular complexity index is 1050. The van der Waals surface area contributed by atoms with E-state index in [1.807, 2.05) is 31.2 Å². The van der Waals surface area contributed by atoms with Crippen LogP contribution in [0.1, 0.15) is 45.1 Å². The van der Waals surface area contributed by atoms with Gasteiger partial charge in [0.1, 0.15) is 5.82 Å². The molecule has 0 saturated carbocycles. The number of halogens is 1. The number of thiophene rings is 1. The molecule has 1 atom stereocenters. The quantitative estimate of drug-likeness (QED) is 0.643. The normalized spacial score (nSPS) is 16.1. The van der Waals surface area contributed by atoms with Crippen molar-refractivity contribution in [1.29, 1.82) is 0 Å². The Morgan fingerprint density at radius 1 is 1.37 bits per heavy atom. The van der Waals surface area contributed by atoms with Crippen molar-refractivity contribution >= 4 is 40.4 Å². The number of carbonyl (C=O) groups is 2. The fourth-order valence-electron chi connectivity index (χ4n) is 3.44. The summed E-state index contributed by atoms with van der Waals surface area (Å²) in [6.07, 6.45) is 1.02. The number of aryl methyl sites for hydroxylation is 2. The van der Waals surface area contributed by atoms with Crippen molar-refractivity contribution in [2.24, 2.45) is 0 Å². The molecule has 0 bridgehead atoms. The van der Waals surface area contributed by atoms with Gasteiger partial charge >= 0.3 is 0 Å². The van der Waals surface area contributed by atoms with Gasteiger partial charge in [-0.25, -0.2) is 4.68 Å². The number of amides is 1. The third kappa shape index (κ3) is 3.19. The van der Waals surface area contributed by atoms with Crippen LogP contribution in [0.15, 0.2) is 36.4 Å². The first-order valence-corrected chi connectivity index (χ1v) is 9.95. The van der Waals surface area contributed by atoms with E-state index in [1.54, 1.807) is 16.8 Å². The van der Waals surface area contributed by atoms with Gasteiger partial charge in [0.2, 0.25) is 5.91 Å². The molecular weight excluding hydrogens is 382 g/mol. The lowest BCUT2D eigenvalue weighted by Crippen LogP contribution is -2.28. The fraction of sp³-hybridized carbons (Fsp3) is 0.250. The first kappa shape index (κ1) is 17.9. The number of ketones is 1. The third-order valence-electron chi connectivity index (χ3n) is 4.72. The van der Waals surface area contributed by atoms with Gasteiger partial charge in [0.25, 0.3) is 0 Å². The van der Waals surface area contributed by atoms with E-state index < -0.39 is 5.92 Å². The molecule has 0 radical (unpaired) electrons. The molecule has 138 valence electrons. The molecule has 3 heterocycles. The second kappa shape index (κ2) is 6.94. The highest BCUT2D eigenvalue weighted by atomic mass is 35.5. The van der Waals surface area contributed by atoms with Crippen LogP contribution in [-0.2, 0) is 11.2 Å². The van der Waals surface area contributed by atoms with E-state index in [-0.39, 0.29) is 18.1 Å². The van der Waals surface area contributed by atoms with Crippen molar-refractivity contribution in [3.63, 3.8) is 0 Å².